The van der Waals surface area contributed by atoms with Crippen LogP contribution in [0.2, 0.25) is 5.02 Å². The zero-order valence-electron chi connectivity index (χ0n) is 16.9. The largest absolute Gasteiger partial charge is 0.326 e. The van der Waals surface area contributed by atoms with Gasteiger partial charge in [-0.05, 0) is 61.2 Å². The van der Waals surface area contributed by atoms with Crippen molar-refractivity contribution in [2.75, 3.05) is 10.6 Å². The Kier molecular flexibility index (Phi) is 7.55. The number of carbonyl (C=O) groups excluding carboxylic acids is 2. The van der Waals surface area contributed by atoms with Crippen LogP contribution in [0.4, 0.5) is 11.4 Å². The number of amides is 2. The summed E-state index contributed by atoms with van der Waals surface area (Å²) in [6, 6.07) is 13.0. The molecule has 0 aliphatic heterocycles. The number of nitrogens with one attached hydrogen (secondary N) is 2. The Morgan fingerprint density at radius 1 is 1.07 bits per heavy atom. The molecule has 0 fully saturated rings. The summed E-state index contributed by atoms with van der Waals surface area (Å²) in [4.78, 5) is 25.5. The molecule has 2 amide bonds. The lowest BCUT2D eigenvalue weighted by Crippen LogP contribution is -2.22. The van der Waals surface area contributed by atoms with Gasteiger partial charge in [0.05, 0.1) is 5.25 Å². The summed E-state index contributed by atoms with van der Waals surface area (Å²) in [5, 5.41) is 6.15. The molecule has 0 saturated carbocycles. The molecule has 1 atom stereocenters. The van der Waals surface area contributed by atoms with E-state index in [2.05, 4.69) is 10.6 Å². The van der Waals surface area contributed by atoms with Crippen LogP contribution in [0.1, 0.15) is 39.7 Å². The molecule has 0 aromatic heterocycles. The summed E-state index contributed by atoms with van der Waals surface area (Å²) in [7, 11) is 0. The van der Waals surface area contributed by atoms with E-state index in [1.165, 1.54) is 11.8 Å². The minimum absolute atomic E-state index is 0.00228. The van der Waals surface area contributed by atoms with Crippen molar-refractivity contribution in [3.05, 3.63) is 53.1 Å². The number of rotatable bonds is 6. The zero-order chi connectivity index (χ0) is 20.9. The van der Waals surface area contributed by atoms with Gasteiger partial charge in [-0.25, -0.2) is 0 Å². The Morgan fingerprint density at radius 3 is 2.32 bits per heavy atom. The van der Waals surface area contributed by atoms with Crippen molar-refractivity contribution in [2.45, 2.75) is 51.2 Å². The van der Waals surface area contributed by atoms with Crippen LogP contribution < -0.4 is 10.6 Å². The van der Waals surface area contributed by atoms with Crippen LogP contribution in [-0.2, 0) is 9.59 Å². The van der Waals surface area contributed by atoms with Gasteiger partial charge in [-0.3, -0.25) is 9.59 Å². The fourth-order valence-corrected chi connectivity index (χ4v) is 3.56. The summed E-state index contributed by atoms with van der Waals surface area (Å²) in [6.07, 6.45) is 0.462. The van der Waals surface area contributed by atoms with Gasteiger partial charge in [-0.15, -0.1) is 11.8 Å². The van der Waals surface area contributed by atoms with Crippen LogP contribution in [0.15, 0.2) is 47.4 Å². The molecule has 150 valence electrons. The third-order valence-corrected chi connectivity index (χ3v) is 5.32. The average Bonchev–Trinajstić information content (AvgIpc) is 2.58. The van der Waals surface area contributed by atoms with E-state index >= 15 is 0 Å². The zero-order valence-corrected chi connectivity index (χ0v) is 18.5. The number of anilines is 2. The van der Waals surface area contributed by atoms with Crippen LogP contribution in [-0.4, -0.2) is 17.1 Å². The minimum atomic E-state index is -0.278. The maximum absolute atomic E-state index is 12.5. The molecule has 0 radical (unpaired) electrons. The molecule has 0 heterocycles. The van der Waals surface area contributed by atoms with Crippen LogP contribution in [0.5, 0.6) is 0 Å². The maximum atomic E-state index is 12.5. The molecule has 28 heavy (non-hydrogen) atoms. The summed E-state index contributed by atoms with van der Waals surface area (Å²) in [5.41, 5.74) is 2.39. The molecule has 4 nitrogen and oxygen atoms in total. The quantitative estimate of drug-likeness (QED) is 0.553. The summed E-state index contributed by atoms with van der Waals surface area (Å²) in [6.45, 7) is 9.88. The Bertz CT molecular complexity index is 845. The summed E-state index contributed by atoms with van der Waals surface area (Å²) < 4.78 is 0. The van der Waals surface area contributed by atoms with E-state index in [0.717, 1.165) is 21.8 Å². The molecule has 0 aliphatic carbocycles. The third kappa shape index (κ3) is 7.21. The van der Waals surface area contributed by atoms with Crippen LogP contribution >= 0.6 is 23.4 Å². The normalized spacial score (nSPS) is 12.4. The fourth-order valence-electron chi connectivity index (χ4n) is 2.52. The van der Waals surface area contributed by atoms with Gasteiger partial charge in [-0.1, -0.05) is 38.4 Å². The van der Waals surface area contributed by atoms with Crippen LogP contribution in [0.25, 0.3) is 0 Å². The Morgan fingerprint density at radius 2 is 1.71 bits per heavy atom. The highest BCUT2D eigenvalue weighted by molar-refractivity contribution is 8.00. The van der Waals surface area contributed by atoms with Gasteiger partial charge < -0.3 is 10.6 Å². The first-order valence-corrected chi connectivity index (χ1v) is 10.4. The highest BCUT2D eigenvalue weighted by atomic mass is 35.5. The fraction of sp³-hybridized carbons (Fsp3) is 0.364. The summed E-state index contributed by atoms with van der Waals surface area (Å²) in [5.74, 6) is -0.0875. The van der Waals surface area contributed by atoms with Gasteiger partial charge >= 0.3 is 0 Å². The van der Waals surface area contributed by atoms with Crippen molar-refractivity contribution in [2.24, 2.45) is 5.41 Å². The van der Waals surface area contributed by atoms with Crippen LogP contribution in [0.3, 0.4) is 0 Å². The first-order valence-electron chi connectivity index (χ1n) is 9.17. The van der Waals surface area contributed by atoms with E-state index in [0.29, 0.717) is 11.4 Å². The van der Waals surface area contributed by atoms with E-state index in [4.69, 9.17) is 11.6 Å². The number of aryl methyl sites for hydroxylation is 1. The topological polar surface area (TPSA) is 58.2 Å². The monoisotopic (exact) mass is 418 g/mol. The molecule has 0 saturated heterocycles. The van der Waals surface area contributed by atoms with Crippen molar-refractivity contribution in [1.29, 1.82) is 0 Å². The number of benzene rings is 2. The molecular formula is C22H27ClN2O2S. The molecule has 2 N–H and O–H groups in total. The number of thioether (sulfide) groups is 1. The van der Waals surface area contributed by atoms with Crippen molar-refractivity contribution in [3.8, 4) is 0 Å². The smallest absolute Gasteiger partial charge is 0.237 e. The first-order chi connectivity index (χ1) is 13.0. The van der Waals surface area contributed by atoms with E-state index in [1.54, 1.807) is 12.1 Å². The van der Waals surface area contributed by atoms with Crippen molar-refractivity contribution >= 4 is 46.6 Å². The molecule has 0 bridgehead atoms. The second-order valence-electron chi connectivity index (χ2n) is 8.02. The minimum Gasteiger partial charge on any atom is -0.326 e. The molecule has 1 unspecified atom stereocenters. The number of hydrogen-bond acceptors (Lipinski definition) is 3. The Labute approximate surface area is 176 Å². The van der Waals surface area contributed by atoms with Gasteiger partial charge in [-0.2, -0.15) is 0 Å². The Balaban J connectivity index is 1.93. The van der Waals surface area contributed by atoms with Gasteiger partial charge in [0, 0.05) is 27.7 Å². The molecular weight excluding hydrogens is 392 g/mol. The van der Waals surface area contributed by atoms with Gasteiger partial charge in [0.2, 0.25) is 11.8 Å². The second kappa shape index (κ2) is 9.48. The number of hydrogen-bond donors (Lipinski definition) is 2. The summed E-state index contributed by atoms with van der Waals surface area (Å²) >= 11 is 7.47. The van der Waals surface area contributed by atoms with E-state index in [1.807, 2.05) is 65.0 Å². The van der Waals surface area contributed by atoms with Crippen LogP contribution in [0, 0.1) is 12.3 Å². The first kappa shape index (κ1) is 22.3. The van der Waals surface area contributed by atoms with E-state index in [9.17, 15) is 9.59 Å². The standard InChI is InChI=1S/C22H27ClN2O2S/c1-14-6-7-16(23)12-19(14)25-21(27)15(2)28-18-10-8-17(9-11-18)24-20(26)13-22(3,4)5/h6-12,15H,13H2,1-5H3,(H,24,26)(H,25,27). The molecule has 0 aliphatic rings. The molecule has 2 aromatic carbocycles. The van der Waals surface area contributed by atoms with Gasteiger partial charge in [0.15, 0.2) is 0 Å². The predicted octanol–water partition coefficient (Wildman–Crippen LogP) is 6.14. The lowest BCUT2D eigenvalue weighted by Gasteiger charge is -2.17. The van der Waals surface area contributed by atoms with E-state index in [-0.39, 0.29) is 22.5 Å². The second-order valence-corrected chi connectivity index (χ2v) is 9.87. The predicted molar refractivity (Wildman–Crippen MR) is 119 cm³/mol. The molecule has 2 aromatic rings. The maximum Gasteiger partial charge on any atom is 0.237 e. The van der Waals surface area contributed by atoms with Gasteiger partial charge in [0.1, 0.15) is 0 Å². The number of halogens is 1. The SMILES string of the molecule is Cc1ccc(Cl)cc1NC(=O)C(C)Sc1ccc(NC(=O)CC(C)(C)C)cc1. The van der Waals surface area contributed by atoms with E-state index < -0.39 is 0 Å². The highest BCUT2D eigenvalue weighted by Crippen LogP contribution is 2.27. The van der Waals surface area contributed by atoms with Gasteiger partial charge in [0.25, 0.3) is 0 Å². The third-order valence-electron chi connectivity index (χ3n) is 3.97. The Hall–Kier alpha value is -1.98. The lowest BCUT2D eigenvalue weighted by atomic mass is 9.92. The molecule has 2 rings (SSSR count). The molecule has 0 spiro atoms. The highest BCUT2D eigenvalue weighted by Gasteiger charge is 2.17. The van der Waals surface area contributed by atoms with Crippen molar-refractivity contribution < 1.29 is 9.59 Å². The molecule has 6 heteroatoms. The lowest BCUT2D eigenvalue weighted by molar-refractivity contribution is -0.118. The average molecular weight is 419 g/mol. The van der Waals surface area contributed by atoms with Crippen molar-refractivity contribution in [1.82, 2.24) is 0 Å². The number of carbonyl (C=O) groups is 2. The van der Waals surface area contributed by atoms with Crippen molar-refractivity contribution in [3.63, 3.8) is 0 Å².